The molecule has 0 aliphatic carbocycles. The van der Waals surface area contributed by atoms with Gasteiger partial charge in [-0.05, 0) is 24.3 Å². The van der Waals surface area contributed by atoms with Gasteiger partial charge in [-0.15, -0.1) is 0 Å². The van der Waals surface area contributed by atoms with E-state index in [-0.39, 0.29) is 17.8 Å². The lowest BCUT2D eigenvalue weighted by Crippen LogP contribution is -2.50. The Labute approximate surface area is 159 Å². The number of carbonyl (C=O) groups is 1. The summed E-state index contributed by atoms with van der Waals surface area (Å²) < 4.78 is 0. The maximum Gasteiger partial charge on any atom is 0.282 e. The van der Waals surface area contributed by atoms with Crippen LogP contribution in [0.1, 0.15) is 5.56 Å². The van der Waals surface area contributed by atoms with Crippen molar-refractivity contribution in [3.8, 4) is 0 Å². The van der Waals surface area contributed by atoms with E-state index in [2.05, 4.69) is 20.6 Å². The molecule has 0 saturated carbocycles. The van der Waals surface area contributed by atoms with Crippen LogP contribution < -0.4 is 21.3 Å². The molecule has 2 aliphatic rings. The van der Waals surface area contributed by atoms with Gasteiger partial charge < -0.3 is 16.0 Å². The molecule has 1 spiro atoms. The van der Waals surface area contributed by atoms with Gasteiger partial charge in [-0.3, -0.25) is 10.1 Å². The molecule has 0 unspecified atom stereocenters. The molecule has 2 heterocycles. The summed E-state index contributed by atoms with van der Waals surface area (Å²) in [5.41, 5.74) is 6.51. The molecule has 26 heavy (non-hydrogen) atoms. The van der Waals surface area contributed by atoms with Crippen molar-refractivity contribution in [2.75, 3.05) is 17.3 Å². The van der Waals surface area contributed by atoms with Gasteiger partial charge in [0.2, 0.25) is 5.96 Å². The van der Waals surface area contributed by atoms with Crippen LogP contribution in [0.25, 0.3) is 0 Å². The maximum absolute atomic E-state index is 12.9. The van der Waals surface area contributed by atoms with E-state index in [0.29, 0.717) is 21.3 Å². The number of nitrogens with two attached hydrogens (primary N) is 1. The first-order valence-corrected chi connectivity index (χ1v) is 8.47. The van der Waals surface area contributed by atoms with Gasteiger partial charge >= 0.3 is 0 Å². The van der Waals surface area contributed by atoms with Gasteiger partial charge in [0.1, 0.15) is 0 Å². The molecule has 4 rings (SSSR count). The monoisotopic (exact) mass is 388 g/mol. The van der Waals surface area contributed by atoms with Crippen molar-refractivity contribution in [2.45, 2.75) is 5.66 Å². The van der Waals surface area contributed by atoms with Crippen LogP contribution in [-0.2, 0) is 10.5 Å². The number of benzene rings is 2. The summed E-state index contributed by atoms with van der Waals surface area (Å²) in [6.45, 7) is 0. The number of nitrogens with one attached hydrogen (secondary N) is 2. The highest BCUT2D eigenvalue weighted by Gasteiger charge is 2.52. The van der Waals surface area contributed by atoms with E-state index in [1.54, 1.807) is 25.2 Å². The zero-order valence-corrected chi connectivity index (χ0v) is 15.1. The fourth-order valence-electron chi connectivity index (χ4n) is 3.10. The molecule has 0 aromatic heterocycles. The predicted octanol–water partition coefficient (Wildman–Crippen LogP) is 2.51. The number of amides is 1. The molecule has 1 atom stereocenters. The summed E-state index contributed by atoms with van der Waals surface area (Å²) in [6, 6.07) is 12.3. The third-order valence-electron chi connectivity index (χ3n) is 4.17. The molecule has 2 aromatic rings. The molecular weight excluding hydrogens is 375 g/mol. The van der Waals surface area contributed by atoms with Crippen molar-refractivity contribution < 1.29 is 4.79 Å². The van der Waals surface area contributed by atoms with Crippen LogP contribution in [0, 0.1) is 0 Å². The fraction of sp³-hybridized carbons (Fsp3) is 0.118. The van der Waals surface area contributed by atoms with E-state index in [0.717, 1.165) is 5.69 Å². The highest BCUT2D eigenvalue weighted by molar-refractivity contribution is 6.35. The Morgan fingerprint density at radius 1 is 1.15 bits per heavy atom. The molecule has 4 N–H and O–H groups in total. The molecule has 1 amide bonds. The predicted molar refractivity (Wildman–Crippen MR) is 104 cm³/mol. The summed E-state index contributed by atoms with van der Waals surface area (Å²) in [5.74, 6) is 0.0648. The molecule has 0 bridgehead atoms. The number of hydrogen-bond acceptors (Lipinski definition) is 6. The molecule has 0 fully saturated rings. The summed E-state index contributed by atoms with van der Waals surface area (Å²) in [4.78, 5) is 23.3. The summed E-state index contributed by atoms with van der Waals surface area (Å²) in [6.07, 6.45) is 0. The Morgan fingerprint density at radius 3 is 2.58 bits per heavy atom. The average molecular weight is 389 g/mol. The number of likely N-dealkylation sites (N-methyl/N-ethyl adjacent to an activating group) is 1. The lowest BCUT2D eigenvalue weighted by Gasteiger charge is -2.26. The van der Waals surface area contributed by atoms with Crippen molar-refractivity contribution in [2.24, 2.45) is 15.7 Å². The van der Waals surface area contributed by atoms with Crippen molar-refractivity contribution in [1.29, 1.82) is 0 Å². The minimum Gasteiger partial charge on any atom is -0.370 e. The van der Waals surface area contributed by atoms with Crippen molar-refractivity contribution in [1.82, 2.24) is 5.32 Å². The molecule has 2 aliphatic heterocycles. The van der Waals surface area contributed by atoms with Gasteiger partial charge in [0, 0.05) is 28.3 Å². The van der Waals surface area contributed by atoms with Gasteiger partial charge in [0.05, 0.1) is 5.69 Å². The Hall–Kier alpha value is -2.77. The van der Waals surface area contributed by atoms with Gasteiger partial charge in [-0.25, -0.2) is 9.98 Å². The van der Waals surface area contributed by atoms with Gasteiger partial charge in [-0.2, -0.15) is 0 Å². The number of carbonyl (C=O) groups excluding carboxylic acids is 1. The molecule has 0 radical (unpaired) electrons. The number of hydrogen-bond donors (Lipinski definition) is 3. The second-order valence-corrected chi connectivity index (χ2v) is 6.79. The minimum atomic E-state index is -1.45. The van der Waals surface area contributed by atoms with Gasteiger partial charge in [-0.1, -0.05) is 41.4 Å². The zero-order chi connectivity index (χ0) is 18.5. The first-order chi connectivity index (χ1) is 12.4. The number of halogens is 2. The zero-order valence-electron chi connectivity index (χ0n) is 13.6. The lowest BCUT2D eigenvalue weighted by molar-refractivity contribution is -0.122. The number of para-hydroxylation sites is 1. The van der Waals surface area contributed by atoms with Crippen LogP contribution in [0.3, 0.4) is 0 Å². The van der Waals surface area contributed by atoms with E-state index in [1.165, 1.54) is 4.90 Å². The van der Waals surface area contributed by atoms with Crippen LogP contribution in [0.5, 0.6) is 0 Å². The number of anilines is 2. The summed E-state index contributed by atoms with van der Waals surface area (Å²) >= 11 is 12.1. The van der Waals surface area contributed by atoms with Crippen molar-refractivity contribution in [3.63, 3.8) is 0 Å². The number of guanidine groups is 2. The molecule has 9 heteroatoms. The smallest absolute Gasteiger partial charge is 0.282 e. The van der Waals surface area contributed by atoms with Crippen molar-refractivity contribution in [3.05, 3.63) is 58.1 Å². The number of rotatable bonds is 1. The van der Waals surface area contributed by atoms with Gasteiger partial charge in [0.15, 0.2) is 5.96 Å². The summed E-state index contributed by atoms with van der Waals surface area (Å²) in [7, 11) is 1.68. The highest BCUT2D eigenvalue weighted by Crippen LogP contribution is 2.43. The molecule has 132 valence electrons. The van der Waals surface area contributed by atoms with E-state index >= 15 is 0 Å². The molecule has 2 aromatic carbocycles. The standard InChI is InChI=1S/C17H14Cl2N6O/c1-25-13-5-3-2-4-12(13)17(14(25)26)23-15(20)22-16(24-17)21-11-7-9(18)6-10(19)8-11/h2-8H,1H3,(H4,20,21,22,23,24)/t17-/m1/s1. The molecule has 7 nitrogen and oxygen atoms in total. The lowest BCUT2D eigenvalue weighted by atomic mass is 10.0. The average Bonchev–Trinajstić information content (AvgIpc) is 2.76. The Morgan fingerprint density at radius 2 is 1.85 bits per heavy atom. The van der Waals surface area contributed by atoms with Gasteiger partial charge in [0.25, 0.3) is 11.6 Å². The first-order valence-electron chi connectivity index (χ1n) is 7.72. The van der Waals surface area contributed by atoms with E-state index < -0.39 is 5.66 Å². The maximum atomic E-state index is 12.9. The largest absolute Gasteiger partial charge is 0.370 e. The SMILES string of the molecule is CN1C(=O)[C@@]2(N=C(N)NC(Nc3cc(Cl)cc(Cl)c3)=N2)c2ccccc21. The minimum absolute atomic E-state index is 0.0779. The second kappa shape index (κ2) is 5.89. The third-order valence-corrected chi connectivity index (χ3v) is 4.61. The Kier molecular flexibility index (Phi) is 3.78. The van der Waals surface area contributed by atoms with E-state index in [4.69, 9.17) is 28.9 Å². The highest BCUT2D eigenvalue weighted by atomic mass is 35.5. The number of fused-ring (bicyclic) bond motifs is 2. The second-order valence-electron chi connectivity index (χ2n) is 5.92. The summed E-state index contributed by atoms with van der Waals surface area (Å²) in [5, 5.41) is 6.81. The van der Waals surface area contributed by atoms with Crippen LogP contribution in [0.15, 0.2) is 52.4 Å². The Bertz CT molecular complexity index is 969. The Balaban J connectivity index is 1.80. The quantitative estimate of drug-likeness (QED) is 0.699. The first kappa shape index (κ1) is 16.7. The topological polar surface area (TPSA) is 95.1 Å². The van der Waals surface area contributed by atoms with Crippen LogP contribution >= 0.6 is 23.2 Å². The third kappa shape index (κ3) is 2.56. The van der Waals surface area contributed by atoms with Crippen LogP contribution in [-0.4, -0.2) is 24.9 Å². The van der Waals surface area contributed by atoms with Crippen LogP contribution in [0.4, 0.5) is 11.4 Å². The number of aliphatic imine (C=N–C) groups is 2. The van der Waals surface area contributed by atoms with E-state index in [9.17, 15) is 4.79 Å². The molecular formula is C17H14Cl2N6O. The fourth-order valence-corrected chi connectivity index (χ4v) is 3.62. The van der Waals surface area contributed by atoms with Crippen molar-refractivity contribution >= 4 is 52.4 Å². The van der Waals surface area contributed by atoms with E-state index in [1.807, 2.05) is 24.3 Å². The van der Waals surface area contributed by atoms with Crippen LogP contribution in [0.2, 0.25) is 10.0 Å². The normalized spacial score (nSPS) is 21.2. The molecule has 0 saturated heterocycles. The number of nitrogens with zero attached hydrogens (tertiary/aromatic N) is 3.